The van der Waals surface area contributed by atoms with E-state index in [0.717, 1.165) is 0 Å². The molecule has 0 spiro atoms. The Kier molecular flexibility index (Phi) is 14.6. The molecule has 0 rings (SSSR count). The third kappa shape index (κ3) is 8.57. The van der Waals surface area contributed by atoms with Crippen LogP contribution in [0.3, 0.4) is 0 Å². The van der Waals surface area contributed by atoms with Gasteiger partial charge in [0, 0.05) is 0 Å². The van der Waals surface area contributed by atoms with Gasteiger partial charge in [0.2, 0.25) is 0 Å². The summed E-state index contributed by atoms with van der Waals surface area (Å²) >= 11 is -2.24. The van der Waals surface area contributed by atoms with Gasteiger partial charge in [-0.2, -0.15) is 0 Å². The van der Waals surface area contributed by atoms with Gasteiger partial charge in [-0.3, -0.25) is 0 Å². The average Bonchev–Trinajstić information content (AvgIpc) is 2.51. The van der Waals surface area contributed by atoms with Gasteiger partial charge >= 0.3 is 146 Å². The first kappa shape index (κ1) is 22.8. The van der Waals surface area contributed by atoms with Gasteiger partial charge in [0.25, 0.3) is 0 Å². The number of hydrogen-bond donors (Lipinski definition) is 1. The Bertz CT molecular complexity index is 218. The molecule has 1 nitrogen and oxygen atoms in total. The quantitative estimate of drug-likeness (QED) is 0.220. The molecule has 0 aromatic heterocycles. The van der Waals surface area contributed by atoms with Gasteiger partial charge in [0.15, 0.2) is 0 Å². The van der Waals surface area contributed by atoms with Crippen LogP contribution in [0.15, 0.2) is 0 Å². The molecule has 0 aliphatic heterocycles. The molecule has 2 atom stereocenters. The van der Waals surface area contributed by atoms with E-state index in [1.54, 1.807) is 0 Å². The first-order chi connectivity index (χ1) is 10.6. The van der Waals surface area contributed by atoms with Crippen molar-refractivity contribution in [3.63, 3.8) is 0 Å². The van der Waals surface area contributed by atoms with E-state index >= 15 is 0 Å². The van der Waals surface area contributed by atoms with Gasteiger partial charge < -0.3 is 0 Å². The van der Waals surface area contributed by atoms with Crippen LogP contribution in [-0.4, -0.2) is 29.6 Å². The number of aliphatic hydroxyl groups excluding tert-OH is 1. The third-order valence-electron chi connectivity index (χ3n) is 5.57. The average molecular weight is 419 g/mol. The van der Waals surface area contributed by atoms with Crippen LogP contribution in [0.1, 0.15) is 98.8 Å². The van der Waals surface area contributed by atoms with Gasteiger partial charge in [-0.25, -0.2) is 0 Å². The summed E-state index contributed by atoms with van der Waals surface area (Å²) in [7, 11) is 0. The van der Waals surface area contributed by atoms with Crippen LogP contribution in [0, 0.1) is 0 Å². The summed E-state index contributed by atoms with van der Waals surface area (Å²) in [5.74, 6) is 0. The SMILES string of the molecule is CCCCC[C@H]([C@H](C)O)[Sn]([CH2]CCC)([CH2]CCC)[CH2]CCC. The molecule has 0 saturated heterocycles. The first-order valence-electron chi connectivity index (χ1n) is 10.3. The molecule has 0 amide bonds. The standard InChI is InChI=1S/C8H17O.3C4H9.Sn/c1-3-4-5-6-7-8(2)9;3*1-3-4-2;/h7-9H,3-6H2,1-2H3;3*1,3-4H2,2H3;/t8-;;;;/m0..../s1. The van der Waals surface area contributed by atoms with E-state index in [2.05, 4.69) is 34.6 Å². The molecule has 0 unspecified atom stereocenters. The van der Waals surface area contributed by atoms with E-state index in [-0.39, 0.29) is 6.10 Å². The minimum atomic E-state index is -2.24. The predicted molar refractivity (Wildman–Crippen MR) is 104 cm³/mol. The molecule has 0 radical (unpaired) electrons. The maximum absolute atomic E-state index is 10.6. The summed E-state index contributed by atoms with van der Waals surface area (Å²) < 4.78 is 5.32. The van der Waals surface area contributed by atoms with Crippen LogP contribution in [0.5, 0.6) is 0 Å². The Morgan fingerprint density at radius 1 is 0.682 bits per heavy atom. The Balaban J connectivity index is 5.17. The van der Waals surface area contributed by atoms with Crippen LogP contribution >= 0.6 is 0 Å². The molecule has 0 aliphatic rings. The molecular weight excluding hydrogens is 375 g/mol. The first-order valence-corrected chi connectivity index (χ1v) is 18.0. The van der Waals surface area contributed by atoms with Crippen molar-refractivity contribution in [1.82, 2.24) is 0 Å². The fourth-order valence-corrected chi connectivity index (χ4v) is 23.8. The van der Waals surface area contributed by atoms with Gasteiger partial charge in [0.1, 0.15) is 0 Å². The van der Waals surface area contributed by atoms with E-state index in [0.29, 0.717) is 3.93 Å². The fraction of sp³-hybridized carbons (Fsp3) is 1.00. The number of aliphatic hydroxyl groups is 1. The molecule has 0 aliphatic carbocycles. The molecule has 22 heavy (non-hydrogen) atoms. The van der Waals surface area contributed by atoms with Crippen LogP contribution < -0.4 is 0 Å². The van der Waals surface area contributed by atoms with Crippen LogP contribution in [0.25, 0.3) is 0 Å². The summed E-state index contributed by atoms with van der Waals surface area (Å²) in [5, 5.41) is 10.6. The maximum atomic E-state index is 10.6. The Labute approximate surface area is 145 Å². The van der Waals surface area contributed by atoms with Crippen molar-refractivity contribution < 1.29 is 5.11 Å². The molecular formula is C20H44OSn. The zero-order chi connectivity index (χ0) is 16.8. The molecule has 0 aromatic rings. The minimum absolute atomic E-state index is 0.0572. The van der Waals surface area contributed by atoms with Gasteiger partial charge in [-0.15, -0.1) is 0 Å². The summed E-state index contributed by atoms with van der Waals surface area (Å²) in [6.07, 6.45) is 13.5. The van der Waals surface area contributed by atoms with Crippen molar-refractivity contribution in [1.29, 1.82) is 0 Å². The summed E-state index contributed by atoms with van der Waals surface area (Å²) in [6.45, 7) is 11.4. The molecule has 2 heteroatoms. The number of unbranched alkanes of at least 4 members (excludes halogenated alkanes) is 5. The van der Waals surface area contributed by atoms with Crippen LogP contribution in [-0.2, 0) is 0 Å². The van der Waals surface area contributed by atoms with Crippen molar-refractivity contribution in [3.8, 4) is 0 Å². The number of hydrogen-bond acceptors (Lipinski definition) is 1. The zero-order valence-electron chi connectivity index (χ0n) is 16.3. The van der Waals surface area contributed by atoms with E-state index in [4.69, 9.17) is 0 Å². The Morgan fingerprint density at radius 3 is 1.41 bits per heavy atom. The second-order valence-corrected chi connectivity index (χ2v) is 21.7. The normalized spacial score (nSPS) is 15.0. The van der Waals surface area contributed by atoms with E-state index < -0.39 is 18.4 Å². The molecule has 0 fully saturated rings. The summed E-state index contributed by atoms with van der Waals surface area (Å²) in [4.78, 5) is 0. The topological polar surface area (TPSA) is 20.2 Å². The second kappa shape index (κ2) is 14.1. The molecule has 0 saturated carbocycles. The van der Waals surface area contributed by atoms with Crippen molar-refractivity contribution in [2.75, 3.05) is 0 Å². The monoisotopic (exact) mass is 420 g/mol. The molecule has 0 aromatic carbocycles. The summed E-state index contributed by atoms with van der Waals surface area (Å²) in [6, 6.07) is 0. The van der Waals surface area contributed by atoms with Crippen molar-refractivity contribution >= 4 is 18.4 Å². The molecule has 0 heterocycles. The predicted octanol–water partition coefficient (Wildman–Crippen LogP) is 7.17. The van der Waals surface area contributed by atoms with Crippen LogP contribution in [0.4, 0.5) is 0 Å². The third-order valence-corrected chi connectivity index (χ3v) is 23.8. The van der Waals surface area contributed by atoms with E-state index in [1.165, 1.54) is 77.5 Å². The number of rotatable bonds is 15. The Morgan fingerprint density at radius 2 is 1.09 bits per heavy atom. The van der Waals surface area contributed by atoms with Gasteiger partial charge in [-0.1, -0.05) is 0 Å². The van der Waals surface area contributed by atoms with Gasteiger partial charge in [-0.05, 0) is 0 Å². The van der Waals surface area contributed by atoms with E-state index in [9.17, 15) is 5.11 Å². The molecule has 134 valence electrons. The van der Waals surface area contributed by atoms with Crippen molar-refractivity contribution in [2.45, 2.75) is 122 Å². The zero-order valence-corrected chi connectivity index (χ0v) is 19.1. The van der Waals surface area contributed by atoms with Crippen LogP contribution in [0.2, 0.25) is 17.2 Å². The molecule has 1 N–H and O–H groups in total. The fourth-order valence-electron chi connectivity index (χ4n) is 4.19. The summed E-state index contributed by atoms with van der Waals surface area (Å²) in [5.41, 5.74) is 0. The van der Waals surface area contributed by atoms with Crippen molar-refractivity contribution in [3.05, 3.63) is 0 Å². The Hall–Kier alpha value is 0.759. The van der Waals surface area contributed by atoms with Gasteiger partial charge in [0.05, 0.1) is 0 Å². The second-order valence-electron chi connectivity index (χ2n) is 7.52. The van der Waals surface area contributed by atoms with Crippen molar-refractivity contribution in [2.24, 2.45) is 0 Å². The molecule has 0 bridgehead atoms. The van der Waals surface area contributed by atoms with E-state index in [1.807, 2.05) is 0 Å².